The van der Waals surface area contributed by atoms with Crippen LogP contribution in [0.2, 0.25) is 0 Å². The molecular formula is C25H24N4O2S. The minimum atomic E-state index is -0.312. The average molecular weight is 445 g/mol. The highest BCUT2D eigenvalue weighted by molar-refractivity contribution is 7.15. The van der Waals surface area contributed by atoms with Crippen molar-refractivity contribution in [2.45, 2.75) is 26.3 Å². The number of amides is 1. The molecule has 0 bridgehead atoms. The topological polar surface area (TPSA) is 71.1 Å². The van der Waals surface area contributed by atoms with Crippen molar-refractivity contribution < 1.29 is 9.53 Å². The molecule has 2 aromatic heterocycles. The smallest absolute Gasteiger partial charge is 0.274 e. The molecule has 162 valence electrons. The second-order valence-electron chi connectivity index (χ2n) is 8.09. The van der Waals surface area contributed by atoms with E-state index < -0.39 is 0 Å². The third-order valence-corrected chi connectivity index (χ3v) is 6.84. The number of likely N-dealkylation sites (tertiary alicyclic amines) is 1. The zero-order valence-corrected chi connectivity index (χ0v) is 19.1. The van der Waals surface area contributed by atoms with E-state index in [2.05, 4.69) is 35.6 Å². The largest absolute Gasteiger partial charge is 0.497 e. The number of hydrogen-bond donors (Lipinski definition) is 1. The van der Waals surface area contributed by atoms with Gasteiger partial charge in [0.2, 0.25) is 0 Å². The van der Waals surface area contributed by atoms with Crippen LogP contribution in [0.3, 0.4) is 0 Å². The average Bonchev–Trinajstić information content (AvgIpc) is 3.48. The number of thiazole rings is 1. The van der Waals surface area contributed by atoms with Crippen LogP contribution in [0.4, 0.5) is 0 Å². The van der Waals surface area contributed by atoms with Gasteiger partial charge in [0.1, 0.15) is 23.3 Å². The number of carbonyl (C=O) groups is 1. The molecule has 1 fully saturated rings. The fourth-order valence-corrected chi connectivity index (χ4v) is 5.17. The first-order chi connectivity index (χ1) is 15.4. The number of hydrogen-bond acceptors (Lipinski definition) is 5. The third kappa shape index (κ3) is 3.48. The van der Waals surface area contributed by atoms with Crippen LogP contribution in [0.15, 0.2) is 54.6 Å². The molecule has 0 radical (unpaired) electrons. The van der Waals surface area contributed by atoms with Crippen molar-refractivity contribution >= 4 is 28.3 Å². The standard InChI is InChI=1S/C25H24N4O2S/c1-14-6-5-7-17(12-14)23-21(26-16(3)32-23)25(30)29-11-10-15(2)22(29)24-27-19-9-8-18(31-4)13-20(19)28-24/h5-9,12-13,22H,2,10-11H2,1,3-4H3,(H,27,28)/t22-/m0/s1. The Morgan fingerprint density at radius 2 is 2.06 bits per heavy atom. The fraction of sp³-hybridized carbons (Fsp3) is 0.240. The summed E-state index contributed by atoms with van der Waals surface area (Å²) in [5.74, 6) is 1.38. The maximum atomic E-state index is 13.8. The van der Waals surface area contributed by atoms with Crippen LogP contribution in [0.25, 0.3) is 21.5 Å². The van der Waals surface area contributed by atoms with Gasteiger partial charge in [-0.2, -0.15) is 0 Å². The van der Waals surface area contributed by atoms with Crippen molar-refractivity contribution in [2.24, 2.45) is 0 Å². The van der Waals surface area contributed by atoms with Crippen molar-refractivity contribution in [3.05, 3.63) is 76.7 Å². The van der Waals surface area contributed by atoms with E-state index in [4.69, 9.17) is 9.72 Å². The molecular weight excluding hydrogens is 420 g/mol. The lowest BCUT2D eigenvalue weighted by Gasteiger charge is -2.23. The Kier molecular flexibility index (Phi) is 5.06. The summed E-state index contributed by atoms with van der Waals surface area (Å²) in [6.07, 6.45) is 0.736. The molecule has 1 saturated heterocycles. The van der Waals surface area contributed by atoms with Crippen LogP contribution in [0.1, 0.15) is 39.3 Å². The zero-order valence-electron chi connectivity index (χ0n) is 18.3. The van der Waals surface area contributed by atoms with Crippen LogP contribution in [-0.4, -0.2) is 39.4 Å². The minimum Gasteiger partial charge on any atom is -0.497 e. The monoisotopic (exact) mass is 444 g/mol. The predicted molar refractivity (Wildman–Crippen MR) is 127 cm³/mol. The summed E-state index contributed by atoms with van der Waals surface area (Å²) in [5.41, 5.74) is 5.33. The minimum absolute atomic E-state index is 0.0902. The number of nitrogens with one attached hydrogen (secondary N) is 1. The van der Waals surface area contributed by atoms with Gasteiger partial charge < -0.3 is 14.6 Å². The molecule has 0 saturated carbocycles. The number of aromatic amines is 1. The number of ether oxygens (including phenoxy) is 1. The zero-order chi connectivity index (χ0) is 22.4. The summed E-state index contributed by atoms with van der Waals surface area (Å²) in [6, 6.07) is 13.6. The van der Waals surface area contributed by atoms with E-state index in [0.717, 1.165) is 49.8 Å². The molecule has 0 aliphatic carbocycles. The first-order valence-corrected chi connectivity index (χ1v) is 11.3. The second-order valence-corrected chi connectivity index (χ2v) is 9.30. The highest BCUT2D eigenvalue weighted by Crippen LogP contribution is 2.39. The molecule has 0 spiro atoms. The van der Waals surface area contributed by atoms with Crippen LogP contribution < -0.4 is 4.74 Å². The molecule has 32 heavy (non-hydrogen) atoms. The molecule has 5 rings (SSSR count). The van der Waals surface area contributed by atoms with Gasteiger partial charge in [0.25, 0.3) is 5.91 Å². The Balaban J connectivity index is 1.54. The number of aromatic nitrogens is 3. The van der Waals surface area contributed by atoms with Crippen LogP contribution >= 0.6 is 11.3 Å². The van der Waals surface area contributed by atoms with Crippen LogP contribution in [-0.2, 0) is 0 Å². The second kappa shape index (κ2) is 7.91. The highest BCUT2D eigenvalue weighted by atomic mass is 32.1. The predicted octanol–water partition coefficient (Wildman–Crippen LogP) is 5.46. The Morgan fingerprint density at radius 3 is 2.84 bits per heavy atom. The van der Waals surface area contributed by atoms with Gasteiger partial charge in [-0.15, -0.1) is 11.3 Å². The van der Waals surface area contributed by atoms with Gasteiger partial charge in [0.05, 0.1) is 28.0 Å². The van der Waals surface area contributed by atoms with E-state index in [-0.39, 0.29) is 11.9 Å². The number of carbonyl (C=O) groups excluding carboxylic acids is 1. The summed E-state index contributed by atoms with van der Waals surface area (Å²) in [6.45, 7) is 8.82. The number of aryl methyl sites for hydroxylation is 2. The first-order valence-electron chi connectivity index (χ1n) is 10.5. The fourth-order valence-electron chi connectivity index (χ4n) is 4.26. The quantitative estimate of drug-likeness (QED) is 0.425. The van der Waals surface area contributed by atoms with E-state index in [1.54, 1.807) is 18.4 Å². The van der Waals surface area contributed by atoms with Crippen molar-refractivity contribution in [1.82, 2.24) is 19.9 Å². The molecule has 4 aromatic rings. The van der Waals surface area contributed by atoms with Crippen molar-refractivity contribution in [2.75, 3.05) is 13.7 Å². The molecule has 1 aliphatic heterocycles. The van der Waals surface area contributed by atoms with Gasteiger partial charge in [-0.1, -0.05) is 36.4 Å². The van der Waals surface area contributed by atoms with Gasteiger partial charge in [0.15, 0.2) is 0 Å². The number of nitrogens with zero attached hydrogens (tertiary/aromatic N) is 3. The Labute approximate surface area is 190 Å². The summed E-state index contributed by atoms with van der Waals surface area (Å²) < 4.78 is 5.32. The summed E-state index contributed by atoms with van der Waals surface area (Å²) in [7, 11) is 1.64. The Hall–Kier alpha value is -3.45. The number of methoxy groups -OCH3 is 1. The number of fused-ring (bicyclic) bond motifs is 1. The SMILES string of the molecule is C=C1CCN(C(=O)c2nc(C)sc2-c2cccc(C)c2)[C@@H]1c1nc2ccc(OC)cc2[nH]1. The maximum absolute atomic E-state index is 13.8. The van der Waals surface area contributed by atoms with Crippen molar-refractivity contribution in [1.29, 1.82) is 0 Å². The molecule has 1 aliphatic rings. The normalized spacial score (nSPS) is 16.2. The van der Waals surface area contributed by atoms with Gasteiger partial charge in [-0.05, 0) is 43.5 Å². The van der Waals surface area contributed by atoms with E-state index in [9.17, 15) is 4.79 Å². The van der Waals surface area contributed by atoms with Gasteiger partial charge in [0, 0.05) is 12.6 Å². The van der Waals surface area contributed by atoms with Gasteiger partial charge in [-0.3, -0.25) is 4.79 Å². The van der Waals surface area contributed by atoms with Gasteiger partial charge >= 0.3 is 0 Å². The molecule has 1 atom stereocenters. The molecule has 6 nitrogen and oxygen atoms in total. The maximum Gasteiger partial charge on any atom is 0.274 e. The Morgan fingerprint density at radius 1 is 1.22 bits per heavy atom. The van der Waals surface area contributed by atoms with E-state index in [1.807, 2.05) is 42.2 Å². The molecule has 0 unspecified atom stereocenters. The molecule has 2 aromatic carbocycles. The molecule has 1 N–H and O–H groups in total. The van der Waals surface area contributed by atoms with Gasteiger partial charge in [-0.25, -0.2) is 9.97 Å². The summed E-state index contributed by atoms with van der Waals surface area (Å²) >= 11 is 1.55. The number of imidazole rings is 1. The summed E-state index contributed by atoms with van der Waals surface area (Å²) in [5, 5.41) is 0.871. The van der Waals surface area contributed by atoms with Crippen LogP contribution in [0.5, 0.6) is 5.75 Å². The highest BCUT2D eigenvalue weighted by Gasteiger charge is 2.37. The van der Waals surface area contributed by atoms with E-state index >= 15 is 0 Å². The first kappa shape index (κ1) is 20.5. The number of rotatable bonds is 4. The molecule has 1 amide bonds. The summed E-state index contributed by atoms with van der Waals surface area (Å²) in [4.78, 5) is 29.3. The number of benzene rings is 2. The Bertz CT molecular complexity index is 1350. The van der Waals surface area contributed by atoms with E-state index in [0.29, 0.717) is 18.1 Å². The lowest BCUT2D eigenvalue weighted by atomic mass is 10.1. The van der Waals surface area contributed by atoms with Crippen LogP contribution in [0, 0.1) is 13.8 Å². The lowest BCUT2D eigenvalue weighted by Crippen LogP contribution is -2.32. The molecule has 3 heterocycles. The lowest BCUT2D eigenvalue weighted by molar-refractivity contribution is 0.0737. The van der Waals surface area contributed by atoms with Crippen molar-refractivity contribution in [3.63, 3.8) is 0 Å². The molecule has 7 heteroatoms. The number of H-pyrrole nitrogens is 1. The van der Waals surface area contributed by atoms with Crippen molar-refractivity contribution in [3.8, 4) is 16.2 Å². The van der Waals surface area contributed by atoms with E-state index in [1.165, 1.54) is 0 Å². The third-order valence-electron chi connectivity index (χ3n) is 5.82.